The Balaban J connectivity index is 1.29. The molecule has 0 radical (unpaired) electrons. The van der Waals surface area contributed by atoms with E-state index >= 15 is 4.39 Å². The van der Waals surface area contributed by atoms with Gasteiger partial charge in [0.15, 0.2) is 5.67 Å². The normalized spacial score (nSPS) is 18.7. The van der Waals surface area contributed by atoms with E-state index in [0.717, 1.165) is 36.5 Å². The molecule has 0 amide bonds. The first-order valence-electron chi connectivity index (χ1n) is 12.8. The number of likely N-dealkylation sites (tertiary alicyclic amines) is 1. The average Bonchev–Trinajstić information content (AvgIpc) is 2.82. The molecule has 1 aromatic heterocycles. The van der Waals surface area contributed by atoms with E-state index in [1.54, 1.807) is 26.0 Å². The lowest BCUT2D eigenvalue weighted by Gasteiger charge is -2.47. The fraction of sp³-hybridized carbons (Fsp3) is 0.538. The van der Waals surface area contributed by atoms with Crippen LogP contribution in [-0.2, 0) is 27.7 Å². The van der Waals surface area contributed by atoms with Crippen LogP contribution < -0.4 is 15.4 Å². The first-order chi connectivity index (χ1) is 17.9. The van der Waals surface area contributed by atoms with Crippen molar-refractivity contribution in [3.05, 3.63) is 52.2 Å². The Morgan fingerprint density at radius 2 is 1.92 bits per heavy atom. The Labute approximate surface area is 222 Å². The maximum absolute atomic E-state index is 15.2. The molecule has 1 aromatic carbocycles. The number of carboxylic acid groups (broad SMARTS) is 1. The van der Waals surface area contributed by atoms with Crippen molar-refractivity contribution in [2.24, 2.45) is 0 Å². The third-order valence-electron chi connectivity index (χ3n) is 7.08. The number of sulfonamides is 1. The first kappa shape index (κ1) is 28.4. The number of aromatic nitrogens is 1. The number of aliphatic carboxylic acids is 1. The van der Waals surface area contributed by atoms with Crippen molar-refractivity contribution >= 4 is 21.8 Å². The number of anilines is 1. The number of aryl methyl sites for hydroxylation is 4. The van der Waals surface area contributed by atoms with Crippen LogP contribution in [0.4, 0.5) is 10.2 Å². The van der Waals surface area contributed by atoms with Crippen LogP contribution in [0.1, 0.15) is 34.4 Å². The van der Waals surface area contributed by atoms with Gasteiger partial charge < -0.3 is 15.5 Å². The summed E-state index contributed by atoms with van der Waals surface area (Å²) in [6, 6.07) is 5.86. The van der Waals surface area contributed by atoms with Crippen LogP contribution in [0.2, 0.25) is 0 Å². The molecule has 0 bridgehead atoms. The second-order valence-corrected chi connectivity index (χ2v) is 12.0. The van der Waals surface area contributed by atoms with Gasteiger partial charge in [0.2, 0.25) is 10.0 Å². The van der Waals surface area contributed by atoms with Gasteiger partial charge in [-0.1, -0.05) is 23.8 Å². The highest BCUT2D eigenvalue weighted by Gasteiger charge is 2.49. The van der Waals surface area contributed by atoms with Crippen LogP contribution in [0.25, 0.3) is 0 Å². The molecule has 2 aromatic rings. The number of hydrogen-bond acceptors (Lipinski definition) is 8. The van der Waals surface area contributed by atoms with Gasteiger partial charge in [-0.15, -0.1) is 0 Å². The molecule has 1 saturated heterocycles. The molecule has 12 heteroatoms. The van der Waals surface area contributed by atoms with Gasteiger partial charge in [-0.2, -0.15) is 4.72 Å². The number of aliphatic hydroxyl groups excluding tert-OH is 1. The van der Waals surface area contributed by atoms with E-state index < -0.39 is 40.5 Å². The van der Waals surface area contributed by atoms with Crippen LogP contribution >= 0.6 is 0 Å². The summed E-state index contributed by atoms with van der Waals surface area (Å²) in [6.07, 6.45) is 1.07. The fourth-order valence-electron chi connectivity index (χ4n) is 5.24. The van der Waals surface area contributed by atoms with Crippen LogP contribution in [0.15, 0.2) is 29.2 Å². The topological polar surface area (TPSA) is 144 Å². The minimum Gasteiger partial charge on any atom is -0.480 e. The summed E-state index contributed by atoms with van der Waals surface area (Å²) in [5, 5.41) is 25.8. The number of aliphatic hydroxyl groups is 1. The van der Waals surface area contributed by atoms with Gasteiger partial charge in [0.1, 0.15) is 18.1 Å². The molecular weight excluding hydrogens is 513 g/mol. The number of hydrogen-bond donors (Lipinski definition) is 5. The number of halogens is 1. The largest absolute Gasteiger partial charge is 0.480 e. The highest BCUT2D eigenvalue weighted by molar-refractivity contribution is 7.89. The molecule has 3 heterocycles. The molecule has 2 aliphatic rings. The van der Waals surface area contributed by atoms with E-state index in [1.165, 1.54) is 5.56 Å². The predicted octanol–water partition coefficient (Wildman–Crippen LogP) is 1.27. The monoisotopic (exact) mass is 549 g/mol. The maximum Gasteiger partial charge on any atom is 0.323 e. The molecule has 1 fully saturated rings. The quantitative estimate of drug-likeness (QED) is 0.262. The zero-order valence-corrected chi connectivity index (χ0v) is 22.7. The maximum atomic E-state index is 15.2. The fourth-order valence-corrected chi connectivity index (χ4v) is 6.88. The minimum atomic E-state index is -4.17. The van der Waals surface area contributed by atoms with Crippen molar-refractivity contribution in [2.75, 3.05) is 38.0 Å². The molecule has 0 saturated carbocycles. The van der Waals surface area contributed by atoms with Gasteiger partial charge in [-0.3, -0.25) is 15.0 Å². The Hall–Kier alpha value is -2.64. The number of nitrogens with zero attached hydrogens (tertiary/aromatic N) is 2. The van der Waals surface area contributed by atoms with Crippen molar-refractivity contribution in [1.29, 1.82) is 0 Å². The molecule has 2 atom stereocenters. The summed E-state index contributed by atoms with van der Waals surface area (Å²) in [5.74, 6) is -0.529. The Kier molecular flexibility index (Phi) is 8.38. The van der Waals surface area contributed by atoms with E-state index in [1.807, 2.05) is 17.9 Å². The number of carboxylic acids is 1. The number of alkyl halides is 1. The van der Waals surface area contributed by atoms with Crippen molar-refractivity contribution in [3.63, 3.8) is 0 Å². The smallest absolute Gasteiger partial charge is 0.323 e. The zero-order valence-electron chi connectivity index (χ0n) is 21.9. The summed E-state index contributed by atoms with van der Waals surface area (Å²) >= 11 is 0. The zero-order chi connectivity index (χ0) is 27.7. The molecule has 4 rings (SSSR count). The van der Waals surface area contributed by atoms with E-state index in [2.05, 4.69) is 26.4 Å². The molecule has 38 heavy (non-hydrogen) atoms. The first-order valence-corrected chi connectivity index (χ1v) is 14.2. The summed E-state index contributed by atoms with van der Waals surface area (Å²) in [7, 11) is -4.17. The van der Waals surface area contributed by atoms with Crippen LogP contribution in [0.5, 0.6) is 0 Å². The molecule has 1 unspecified atom stereocenters. The third kappa shape index (κ3) is 6.32. The number of rotatable bonds is 11. The van der Waals surface area contributed by atoms with Crippen molar-refractivity contribution in [3.8, 4) is 0 Å². The summed E-state index contributed by atoms with van der Waals surface area (Å²) < 4.78 is 43.3. The van der Waals surface area contributed by atoms with Crippen molar-refractivity contribution in [2.45, 2.75) is 62.9 Å². The average molecular weight is 550 g/mol. The van der Waals surface area contributed by atoms with Gasteiger partial charge in [0.05, 0.1) is 4.90 Å². The highest BCUT2D eigenvalue weighted by Crippen LogP contribution is 2.29. The minimum absolute atomic E-state index is 0.00990. The number of benzene rings is 1. The van der Waals surface area contributed by atoms with Gasteiger partial charge in [-0.05, 0) is 56.4 Å². The molecular formula is C26H36FN5O5S. The molecule has 2 aliphatic heterocycles. The highest BCUT2D eigenvalue weighted by atomic mass is 32.2. The lowest BCUT2D eigenvalue weighted by Crippen LogP contribution is -2.69. The number of fused-ring (bicyclic) bond motifs is 1. The lowest BCUT2D eigenvalue weighted by atomic mass is 9.93. The molecule has 5 N–H and O–H groups in total. The molecule has 10 nitrogen and oxygen atoms in total. The standard InChI is InChI=1S/C26H36FN5O5S/c1-16-11-17(2)22(18(3)12-16)38(36,37)31-21(24(33)34)13-29-25(35)26(27)14-32(15-26)10-8-20-7-6-19-5-4-9-28-23(19)30-20/h6-7,11-12,21,25,29,31,35H,4-5,8-10,13-15H2,1-3H3,(H,28,30)(H,33,34)/t21-,25?/m0/s1. The van der Waals surface area contributed by atoms with Crippen LogP contribution in [0.3, 0.4) is 0 Å². The molecule has 0 spiro atoms. The second-order valence-electron chi connectivity index (χ2n) is 10.4. The second kappa shape index (κ2) is 11.2. The van der Waals surface area contributed by atoms with Gasteiger partial charge >= 0.3 is 5.97 Å². The summed E-state index contributed by atoms with van der Waals surface area (Å²) in [6.45, 7) is 6.03. The summed E-state index contributed by atoms with van der Waals surface area (Å²) in [4.78, 5) is 18.3. The summed E-state index contributed by atoms with van der Waals surface area (Å²) in [5.41, 5.74) is 2.00. The van der Waals surface area contributed by atoms with Gasteiger partial charge in [-0.25, -0.2) is 17.8 Å². The van der Waals surface area contributed by atoms with Crippen molar-refractivity contribution < 1.29 is 27.8 Å². The van der Waals surface area contributed by atoms with Gasteiger partial charge in [0, 0.05) is 44.8 Å². The SMILES string of the molecule is Cc1cc(C)c(S(=O)(=O)N[C@@H](CNC(O)C2(F)CN(CCc3ccc4c(n3)NCCC4)C2)C(=O)O)c(C)c1. The third-order valence-corrected chi connectivity index (χ3v) is 8.86. The van der Waals surface area contributed by atoms with E-state index in [4.69, 9.17) is 0 Å². The number of pyridine rings is 1. The van der Waals surface area contributed by atoms with E-state index in [9.17, 15) is 23.4 Å². The lowest BCUT2D eigenvalue weighted by molar-refractivity contribution is -0.140. The van der Waals surface area contributed by atoms with E-state index in [-0.39, 0.29) is 18.0 Å². The van der Waals surface area contributed by atoms with E-state index in [0.29, 0.717) is 24.1 Å². The Bertz CT molecular complexity index is 1280. The molecule has 208 valence electrons. The van der Waals surface area contributed by atoms with Crippen molar-refractivity contribution in [1.82, 2.24) is 19.9 Å². The Morgan fingerprint density at radius 1 is 1.24 bits per heavy atom. The van der Waals surface area contributed by atoms with Crippen LogP contribution in [-0.4, -0.2) is 85.1 Å². The number of nitrogens with one attached hydrogen (secondary N) is 3. The Morgan fingerprint density at radius 3 is 2.58 bits per heavy atom. The van der Waals surface area contributed by atoms with Crippen LogP contribution in [0, 0.1) is 20.8 Å². The van der Waals surface area contributed by atoms with Gasteiger partial charge in [0.25, 0.3) is 0 Å². The number of carbonyl (C=O) groups is 1. The predicted molar refractivity (Wildman–Crippen MR) is 141 cm³/mol. The molecule has 0 aliphatic carbocycles.